The number of aliphatic carboxylic acids is 1. The van der Waals surface area contributed by atoms with Crippen LogP contribution in [0.2, 0.25) is 0 Å². The molecule has 1 N–H and O–H groups in total. The van der Waals surface area contributed by atoms with E-state index in [0.29, 0.717) is 36.8 Å². The molecule has 10 nitrogen and oxygen atoms in total. The Labute approximate surface area is 244 Å². The van der Waals surface area contributed by atoms with E-state index >= 15 is 0 Å². The Morgan fingerprint density at radius 2 is 1.90 bits per heavy atom. The van der Waals surface area contributed by atoms with Gasteiger partial charge >= 0.3 is 5.97 Å². The van der Waals surface area contributed by atoms with E-state index in [1.54, 1.807) is 7.11 Å². The zero-order chi connectivity index (χ0) is 29.4. The highest BCUT2D eigenvalue weighted by atomic mass is 16.7. The molecular formula is C31H49N3O7. The fourth-order valence-corrected chi connectivity index (χ4v) is 6.51. The molecule has 1 aromatic carbocycles. The van der Waals surface area contributed by atoms with Gasteiger partial charge in [0.05, 0.1) is 25.7 Å². The van der Waals surface area contributed by atoms with Crippen LogP contribution in [0.25, 0.3) is 0 Å². The van der Waals surface area contributed by atoms with E-state index in [9.17, 15) is 14.7 Å². The predicted octanol–water partition coefficient (Wildman–Crippen LogP) is 3.82. The van der Waals surface area contributed by atoms with E-state index in [1.165, 1.54) is 0 Å². The first kappa shape index (κ1) is 31.4. The number of carbonyl (C=O) groups is 2. The monoisotopic (exact) mass is 575 g/mol. The van der Waals surface area contributed by atoms with Crippen molar-refractivity contribution in [2.75, 3.05) is 67.3 Å². The molecular weight excluding hydrogens is 526 g/mol. The molecule has 10 heteroatoms. The molecule has 3 heterocycles. The highest BCUT2D eigenvalue weighted by Crippen LogP contribution is 2.47. The second kappa shape index (κ2) is 15.1. The maximum absolute atomic E-state index is 13.7. The molecule has 2 fully saturated rings. The van der Waals surface area contributed by atoms with Gasteiger partial charge in [-0.2, -0.15) is 0 Å². The molecule has 4 atom stereocenters. The third-order valence-corrected chi connectivity index (χ3v) is 8.71. The van der Waals surface area contributed by atoms with Crippen LogP contribution in [0.1, 0.15) is 69.8 Å². The van der Waals surface area contributed by atoms with Crippen LogP contribution in [0.3, 0.4) is 0 Å². The Kier molecular flexibility index (Phi) is 11.5. The van der Waals surface area contributed by atoms with Crippen molar-refractivity contribution in [2.45, 2.75) is 76.4 Å². The lowest BCUT2D eigenvalue weighted by molar-refractivity contribution is -0.144. The summed E-state index contributed by atoms with van der Waals surface area (Å²) in [5.41, 5.74) is 0.834. The van der Waals surface area contributed by atoms with Crippen LogP contribution in [0, 0.1) is 5.92 Å². The number of unbranched alkanes of at least 4 members (excludes halogenated alkanes) is 1. The molecule has 230 valence electrons. The molecule has 0 aliphatic carbocycles. The lowest BCUT2D eigenvalue weighted by atomic mass is 9.83. The van der Waals surface area contributed by atoms with Crippen LogP contribution in [0.4, 0.5) is 0 Å². The zero-order valence-electron chi connectivity index (χ0n) is 25.3. The van der Waals surface area contributed by atoms with Crippen molar-refractivity contribution in [1.29, 1.82) is 0 Å². The highest BCUT2D eigenvalue weighted by Gasteiger charge is 2.47. The van der Waals surface area contributed by atoms with Gasteiger partial charge in [0.15, 0.2) is 11.5 Å². The van der Waals surface area contributed by atoms with Crippen molar-refractivity contribution in [1.82, 2.24) is 14.7 Å². The summed E-state index contributed by atoms with van der Waals surface area (Å²) in [5, 5.41) is 10.6. The van der Waals surface area contributed by atoms with E-state index in [-0.39, 0.29) is 37.3 Å². The lowest BCUT2D eigenvalue weighted by Gasteiger charge is -2.31. The Bertz CT molecular complexity index is 1010. The Morgan fingerprint density at radius 3 is 2.59 bits per heavy atom. The number of amides is 1. The second-order valence-corrected chi connectivity index (χ2v) is 11.9. The summed E-state index contributed by atoms with van der Waals surface area (Å²) in [6.45, 7) is 6.03. The van der Waals surface area contributed by atoms with Crippen molar-refractivity contribution in [2.24, 2.45) is 5.92 Å². The summed E-state index contributed by atoms with van der Waals surface area (Å²) in [7, 11) is 5.66. The number of carboxylic acid groups (broad SMARTS) is 1. The van der Waals surface area contributed by atoms with Gasteiger partial charge in [0.2, 0.25) is 18.4 Å². The fraction of sp³-hybridized carbons (Fsp3) is 0.742. The Morgan fingerprint density at radius 1 is 1.10 bits per heavy atom. The number of ether oxygens (including phenoxy) is 4. The molecule has 0 bridgehead atoms. The minimum atomic E-state index is -0.843. The Hall–Kier alpha value is -2.56. The predicted molar refractivity (Wildman–Crippen MR) is 156 cm³/mol. The van der Waals surface area contributed by atoms with Crippen LogP contribution < -0.4 is 14.2 Å². The number of nitrogens with zero attached hydrogens (tertiary/aromatic N) is 3. The van der Waals surface area contributed by atoms with Gasteiger partial charge in [-0.1, -0.05) is 13.3 Å². The maximum Gasteiger partial charge on any atom is 0.308 e. The largest absolute Gasteiger partial charge is 0.493 e. The fourth-order valence-electron chi connectivity index (χ4n) is 6.51. The average Bonchev–Trinajstić information content (AvgIpc) is 3.58. The van der Waals surface area contributed by atoms with E-state index in [4.69, 9.17) is 18.9 Å². The number of hydrogen-bond acceptors (Lipinski definition) is 8. The quantitative estimate of drug-likeness (QED) is 0.334. The van der Waals surface area contributed by atoms with Gasteiger partial charge in [0, 0.05) is 38.2 Å². The SMILES string of the molecule is CCCCN(CCCN(C)C)C(=O)CN1C[C@H](c2cc(OC)c3c(c2)OCO3)[C@@H](C(=O)O)[C@@H]1CCC1CCCCO1. The minimum absolute atomic E-state index is 0.0733. The summed E-state index contributed by atoms with van der Waals surface area (Å²) < 4.78 is 22.8. The van der Waals surface area contributed by atoms with Crippen molar-refractivity contribution in [3.05, 3.63) is 17.7 Å². The first-order chi connectivity index (χ1) is 19.8. The van der Waals surface area contributed by atoms with Crippen LogP contribution in [0.5, 0.6) is 17.2 Å². The standard InChI is InChI=1S/C31H49N3O7/c1-5-6-14-33(15-9-13-32(2)3)28(35)20-34-19-24(22-17-26(38-4)30-27(18-22)40-21-41-30)29(31(36)37)25(34)12-11-23-10-7-8-16-39-23/h17-18,23-25,29H,5-16,19-21H2,1-4H3,(H,36,37)/t23?,24-,25+,29-/m1/s1. The number of carboxylic acids is 1. The van der Waals surface area contributed by atoms with Crippen LogP contribution in [-0.2, 0) is 14.3 Å². The van der Waals surface area contributed by atoms with E-state index < -0.39 is 11.9 Å². The molecule has 1 unspecified atom stereocenters. The summed E-state index contributed by atoms with van der Waals surface area (Å²) in [5.74, 6) is -0.116. The number of carbonyl (C=O) groups excluding carboxylic acids is 1. The van der Waals surface area contributed by atoms with Crippen molar-refractivity contribution >= 4 is 11.9 Å². The zero-order valence-corrected chi connectivity index (χ0v) is 25.3. The summed E-state index contributed by atoms with van der Waals surface area (Å²) in [4.78, 5) is 32.9. The molecule has 0 aromatic heterocycles. The summed E-state index contributed by atoms with van der Waals surface area (Å²) >= 11 is 0. The van der Waals surface area contributed by atoms with Gasteiger partial charge in [0.25, 0.3) is 0 Å². The van der Waals surface area contributed by atoms with Gasteiger partial charge in [-0.25, -0.2) is 0 Å². The lowest BCUT2D eigenvalue weighted by Crippen LogP contribution is -2.45. The smallest absolute Gasteiger partial charge is 0.308 e. The highest BCUT2D eigenvalue weighted by molar-refractivity contribution is 5.79. The summed E-state index contributed by atoms with van der Waals surface area (Å²) in [6, 6.07) is 3.47. The van der Waals surface area contributed by atoms with Gasteiger partial charge in [-0.3, -0.25) is 14.5 Å². The van der Waals surface area contributed by atoms with Crippen LogP contribution in [-0.4, -0.2) is 111 Å². The number of hydrogen-bond donors (Lipinski definition) is 1. The number of methoxy groups -OCH3 is 1. The number of fused-ring (bicyclic) bond motifs is 1. The normalized spacial score (nSPS) is 24.1. The van der Waals surface area contributed by atoms with Gasteiger partial charge in [-0.05, 0) is 83.3 Å². The molecule has 0 saturated carbocycles. The first-order valence-corrected chi connectivity index (χ1v) is 15.3. The molecule has 1 aromatic rings. The maximum atomic E-state index is 13.7. The average molecular weight is 576 g/mol. The Balaban J connectivity index is 1.58. The van der Waals surface area contributed by atoms with E-state index in [2.05, 4.69) is 16.7 Å². The third kappa shape index (κ3) is 8.05. The third-order valence-electron chi connectivity index (χ3n) is 8.71. The van der Waals surface area contributed by atoms with Gasteiger partial charge in [-0.15, -0.1) is 0 Å². The minimum Gasteiger partial charge on any atom is -0.493 e. The molecule has 3 aliphatic heterocycles. The topological polar surface area (TPSA) is 101 Å². The molecule has 4 rings (SSSR count). The number of benzene rings is 1. The molecule has 41 heavy (non-hydrogen) atoms. The number of rotatable bonds is 15. The molecule has 1 amide bonds. The van der Waals surface area contributed by atoms with Gasteiger partial charge in [0.1, 0.15) is 0 Å². The van der Waals surface area contributed by atoms with E-state index in [0.717, 1.165) is 70.2 Å². The summed E-state index contributed by atoms with van der Waals surface area (Å²) in [6.07, 6.45) is 7.69. The van der Waals surface area contributed by atoms with E-state index in [1.807, 2.05) is 31.1 Å². The van der Waals surface area contributed by atoms with Crippen LogP contribution >= 0.6 is 0 Å². The number of likely N-dealkylation sites (tertiary alicyclic amines) is 1. The molecule has 0 spiro atoms. The van der Waals surface area contributed by atoms with Crippen LogP contribution in [0.15, 0.2) is 12.1 Å². The van der Waals surface area contributed by atoms with Crippen molar-refractivity contribution in [3.63, 3.8) is 0 Å². The van der Waals surface area contributed by atoms with Gasteiger partial charge < -0.3 is 33.9 Å². The van der Waals surface area contributed by atoms with Crippen molar-refractivity contribution < 1.29 is 33.6 Å². The molecule has 3 aliphatic rings. The molecule has 2 saturated heterocycles. The second-order valence-electron chi connectivity index (χ2n) is 11.9. The molecule has 0 radical (unpaired) electrons. The first-order valence-electron chi connectivity index (χ1n) is 15.3. The van der Waals surface area contributed by atoms with Crippen molar-refractivity contribution in [3.8, 4) is 17.2 Å².